The van der Waals surface area contributed by atoms with Crippen LogP contribution >= 0.6 is 11.6 Å². The minimum Gasteiger partial charge on any atom is -0.444 e. The second kappa shape index (κ2) is 11.1. The van der Waals surface area contributed by atoms with Crippen LogP contribution in [0, 0.1) is 5.82 Å². The molecule has 2 saturated heterocycles. The van der Waals surface area contributed by atoms with E-state index in [-0.39, 0.29) is 23.7 Å². The molecule has 0 saturated carbocycles. The molecule has 2 fully saturated rings. The molecule has 44 heavy (non-hydrogen) atoms. The lowest BCUT2D eigenvalue weighted by atomic mass is 9.99. The lowest BCUT2D eigenvalue weighted by molar-refractivity contribution is 0.0130. The Morgan fingerprint density at radius 3 is 2.48 bits per heavy atom. The maximum absolute atomic E-state index is 16.9. The fourth-order valence-corrected chi connectivity index (χ4v) is 6.57. The number of para-hydroxylation sites is 1. The van der Waals surface area contributed by atoms with Gasteiger partial charge in [0.05, 0.1) is 10.5 Å². The Labute approximate surface area is 263 Å². The van der Waals surface area contributed by atoms with Crippen LogP contribution in [0.2, 0.25) is 5.02 Å². The molecule has 4 heterocycles. The van der Waals surface area contributed by atoms with E-state index in [2.05, 4.69) is 28.8 Å². The molecule has 234 valence electrons. The van der Waals surface area contributed by atoms with Crippen LogP contribution in [-0.4, -0.2) is 94.4 Å². The molecule has 1 amide bonds. The molecular formula is C33H41ClFN7O2. The molecule has 11 heteroatoms. The normalized spacial score (nSPS) is 19.8. The van der Waals surface area contributed by atoms with Crippen LogP contribution in [0.4, 0.5) is 21.0 Å². The first-order chi connectivity index (χ1) is 20.7. The standard InChI is InChI=1S/C33H41ClFN7O2/c1-19-16-42(32(43)44-33(3,4)5)20(2)15-41(19)30-24-14-25(34)26(23-11-9-10-21-12-13-39(8)29(21)23)27(35)28(24)36-31(37-30)40-17-22(18-40)38(6)7/h9-14,19-20,22H,15-18H2,1-8H3/t19-,20+/m0/s1. The largest absolute Gasteiger partial charge is 0.444 e. The molecule has 0 aliphatic carbocycles. The van der Waals surface area contributed by atoms with Gasteiger partial charge in [0.2, 0.25) is 5.95 Å². The number of fused-ring (bicyclic) bond motifs is 2. The van der Waals surface area contributed by atoms with Gasteiger partial charge >= 0.3 is 6.09 Å². The Morgan fingerprint density at radius 1 is 1.07 bits per heavy atom. The summed E-state index contributed by atoms with van der Waals surface area (Å²) in [5.74, 6) is 0.638. The van der Waals surface area contributed by atoms with E-state index in [0.717, 1.165) is 24.0 Å². The van der Waals surface area contributed by atoms with E-state index < -0.39 is 11.4 Å². The summed E-state index contributed by atoms with van der Waals surface area (Å²) in [5.41, 5.74) is 1.59. The van der Waals surface area contributed by atoms with Gasteiger partial charge in [-0.2, -0.15) is 4.98 Å². The van der Waals surface area contributed by atoms with Gasteiger partial charge in [0.15, 0.2) is 5.82 Å². The average molecular weight is 622 g/mol. The van der Waals surface area contributed by atoms with Crippen LogP contribution in [-0.2, 0) is 11.8 Å². The Morgan fingerprint density at radius 2 is 1.80 bits per heavy atom. The van der Waals surface area contributed by atoms with E-state index in [0.29, 0.717) is 52.4 Å². The van der Waals surface area contributed by atoms with Crippen LogP contribution in [0.3, 0.4) is 0 Å². The molecule has 2 aromatic heterocycles. The van der Waals surface area contributed by atoms with E-state index in [4.69, 9.17) is 26.3 Å². The number of piperazine rings is 1. The zero-order valence-electron chi connectivity index (χ0n) is 26.7. The lowest BCUT2D eigenvalue weighted by Crippen LogP contribution is -2.59. The van der Waals surface area contributed by atoms with Gasteiger partial charge in [-0.1, -0.05) is 29.8 Å². The molecule has 6 rings (SSSR count). The van der Waals surface area contributed by atoms with Crippen molar-refractivity contribution in [3.63, 3.8) is 0 Å². The average Bonchev–Trinajstić information content (AvgIpc) is 3.29. The van der Waals surface area contributed by atoms with Crippen molar-refractivity contribution < 1.29 is 13.9 Å². The van der Waals surface area contributed by atoms with Crippen molar-refractivity contribution in [1.29, 1.82) is 0 Å². The van der Waals surface area contributed by atoms with Crippen LogP contribution in [0.25, 0.3) is 32.9 Å². The summed E-state index contributed by atoms with van der Waals surface area (Å²) in [5, 5.41) is 1.85. The number of aromatic nitrogens is 3. The minimum absolute atomic E-state index is 0.116. The van der Waals surface area contributed by atoms with Gasteiger partial charge in [0, 0.05) is 79.4 Å². The minimum atomic E-state index is -0.591. The molecule has 0 bridgehead atoms. The number of rotatable bonds is 4. The summed E-state index contributed by atoms with van der Waals surface area (Å²) in [7, 11) is 6.06. The quantitative estimate of drug-likeness (QED) is 0.270. The first-order valence-electron chi connectivity index (χ1n) is 15.1. The summed E-state index contributed by atoms with van der Waals surface area (Å²) in [6.07, 6.45) is 1.62. The number of hydrogen-bond acceptors (Lipinski definition) is 7. The first-order valence-corrected chi connectivity index (χ1v) is 15.5. The fraction of sp³-hybridized carbons (Fsp3) is 0.485. The Balaban J connectivity index is 1.47. The predicted octanol–water partition coefficient (Wildman–Crippen LogP) is 6.17. The lowest BCUT2D eigenvalue weighted by Gasteiger charge is -2.46. The fourth-order valence-electron chi connectivity index (χ4n) is 6.28. The van der Waals surface area contributed by atoms with Gasteiger partial charge in [0.25, 0.3) is 0 Å². The number of nitrogens with zero attached hydrogens (tertiary/aromatic N) is 7. The van der Waals surface area contributed by atoms with E-state index in [1.807, 2.05) is 76.7 Å². The molecule has 2 aliphatic rings. The van der Waals surface area contributed by atoms with Crippen LogP contribution in [0.1, 0.15) is 34.6 Å². The van der Waals surface area contributed by atoms with Crippen LogP contribution in [0.15, 0.2) is 36.5 Å². The van der Waals surface area contributed by atoms with Crippen LogP contribution < -0.4 is 9.80 Å². The monoisotopic (exact) mass is 621 g/mol. The summed E-state index contributed by atoms with van der Waals surface area (Å²) < 4.78 is 24.6. The maximum Gasteiger partial charge on any atom is 0.410 e. The van der Waals surface area contributed by atoms with Gasteiger partial charge in [0.1, 0.15) is 16.9 Å². The second-order valence-electron chi connectivity index (χ2n) is 13.5. The first kappa shape index (κ1) is 30.4. The van der Waals surface area contributed by atoms with E-state index in [1.54, 1.807) is 11.0 Å². The Hall–Kier alpha value is -3.63. The molecular weight excluding hydrogens is 581 g/mol. The summed E-state index contributed by atoms with van der Waals surface area (Å²) in [6, 6.07) is 9.73. The molecule has 2 aliphatic heterocycles. The highest BCUT2D eigenvalue weighted by Gasteiger charge is 2.38. The van der Waals surface area contributed by atoms with Crippen molar-refractivity contribution in [2.75, 3.05) is 50.1 Å². The van der Waals surface area contributed by atoms with Gasteiger partial charge < -0.3 is 28.9 Å². The zero-order chi connectivity index (χ0) is 31.7. The highest BCUT2D eigenvalue weighted by molar-refractivity contribution is 6.35. The number of amides is 1. The van der Waals surface area contributed by atoms with Crippen molar-refractivity contribution in [2.24, 2.45) is 7.05 Å². The SMILES string of the molecule is C[C@@H]1CN(c2nc(N3CC(N(C)C)C3)nc3c(F)c(-c4cccc5ccn(C)c45)c(Cl)cc23)[C@@H](C)CN1C(=O)OC(C)(C)C. The van der Waals surface area contributed by atoms with Crippen molar-refractivity contribution in [2.45, 2.75) is 58.3 Å². The number of halogens is 2. The molecule has 0 spiro atoms. The van der Waals surface area contributed by atoms with Crippen molar-refractivity contribution in [3.05, 3.63) is 47.4 Å². The van der Waals surface area contributed by atoms with Crippen molar-refractivity contribution >= 4 is 51.3 Å². The molecule has 2 atom stereocenters. The molecule has 0 radical (unpaired) electrons. The van der Waals surface area contributed by atoms with Crippen molar-refractivity contribution in [3.8, 4) is 11.1 Å². The molecule has 2 aromatic carbocycles. The third kappa shape index (κ3) is 5.32. The highest BCUT2D eigenvalue weighted by Crippen LogP contribution is 2.42. The second-order valence-corrected chi connectivity index (χ2v) is 13.9. The Kier molecular flexibility index (Phi) is 7.65. The number of carbonyl (C=O) groups excluding carboxylic acids is 1. The number of benzene rings is 2. The molecule has 9 nitrogen and oxygen atoms in total. The maximum atomic E-state index is 16.9. The summed E-state index contributed by atoms with van der Waals surface area (Å²) in [6.45, 7) is 12.1. The number of ether oxygens (including phenoxy) is 1. The molecule has 0 unspecified atom stereocenters. The highest BCUT2D eigenvalue weighted by atomic mass is 35.5. The molecule has 4 aromatic rings. The van der Waals surface area contributed by atoms with E-state index in [9.17, 15) is 4.79 Å². The number of hydrogen-bond donors (Lipinski definition) is 0. The zero-order valence-corrected chi connectivity index (χ0v) is 27.5. The number of aryl methyl sites for hydroxylation is 1. The number of anilines is 2. The van der Waals surface area contributed by atoms with Gasteiger partial charge in [-0.05, 0) is 60.8 Å². The van der Waals surface area contributed by atoms with Crippen LogP contribution in [0.5, 0.6) is 0 Å². The number of carbonyl (C=O) groups is 1. The van der Waals surface area contributed by atoms with Gasteiger partial charge in [-0.15, -0.1) is 0 Å². The topological polar surface area (TPSA) is 70.0 Å². The predicted molar refractivity (Wildman–Crippen MR) is 175 cm³/mol. The van der Waals surface area contributed by atoms with Crippen molar-refractivity contribution in [1.82, 2.24) is 24.3 Å². The Bertz CT molecular complexity index is 1740. The van der Waals surface area contributed by atoms with E-state index >= 15 is 4.39 Å². The summed E-state index contributed by atoms with van der Waals surface area (Å²) in [4.78, 5) is 31.1. The third-order valence-electron chi connectivity index (χ3n) is 8.78. The smallest absolute Gasteiger partial charge is 0.410 e. The van der Waals surface area contributed by atoms with Gasteiger partial charge in [-0.3, -0.25) is 0 Å². The third-order valence-corrected chi connectivity index (χ3v) is 9.08. The van der Waals surface area contributed by atoms with Gasteiger partial charge in [-0.25, -0.2) is 14.2 Å². The summed E-state index contributed by atoms with van der Waals surface area (Å²) >= 11 is 6.95. The number of likely N-dealkylation sites (N-methyl/N-ethyl adjacent to an activating group) is 1. The van der Waals surface area contributed by atoms with E-state index in [1.165, 1.54) is 0 Å². The molecule has 0 N–H and O–H groups in total.